The maximum atomic E-state index is 13.7. The van der Waals surface area contributed by atoms with Crippen molar-refractivity contribution in [1.82, 2.24) is 10.2 Å². The maximum absolute atomic E-state index is 13.7. The van der Waals surface area contributed by atoms with E-state index in [1.807, 2.05) is 26.0 Å². The lowest BCUT2D eigenvalue weighted by Crippen LogP contribution is -2.50. The minimum Gasteiger partial charge on any atom is -0.357 e. The molecule has 1 N–H and O–H groups in total. The van der Waals surface area contributed by atoms with Crippen molar-refractivity contribution >= 4 is 39.1 Å². The monoisotopic (exact) mass is 541 g/mol. The summed E-state index contributed by atoms with van der Waals surface area (Å²) in [5.41, 5.74) is 2.12. The molecule has 7 nitrogen and oxygen atoms in total. The van der Waals surface area contributed by atoms with Gasteiger partial charge in [0.05, 0.1) is 10.6 Å². The van der Waals surface area contributed by atoms with Gasteiger partial charge in [0.1, 0.15) is 12.6 Å². The molecular weight excluding hydrogens is 510 g/mol. The first-order valence-electron chi connectivity index (χ1n) is 12.0. The molecule has 9 heteroatoms. The molecule has 1 atom stereocenters. The summed E-state index contributed by atoms with van der Waals surface area (Å²) in [7, 11) is -2.59. The minimum absolute atomic E-state index is 0.0662. The van der Waals surface area contributed by atoms with Gasteiger partial charge in [-0.3, -0.25) is 13.9 Å². The Kier molecular flexibility index (Phi) is 9.34. The molecule has 196 valence electrons. The lowest BCUT2D eigenvalue weighted by Gasteiger charge is -2.32. The Morgan fingerprint density at radius 2 is 1.57 bits per heavy atom. The van der Waals surface area contributed by atoms with Crippen LogP contribution in [0.2, 0.25) is 5.02 Å². The van der Waals surface area contributed by atoms with Crippen molar-refractivity contribution in [2.75, 3.05) is 17.9 Å². The van der Waals surface area contributed by atoms with Gasteiger partial charge >= 0.3 is 0 Å². The van der Waals surface area contributed by atoms with Crippen LogP contribution in [0.3, 0.4) is 0 Å². The number of halogens is 1. The molecule has 0 aliphatic heterocycles. The van der Waals surface area contributed by atoms with E-state index < -0.39 is 28.5 Å². The van der Waals surface area contributed by atoms with E-state index in [2.05, 4.69) is 5.32 Å². The van der Waals surface area contributed by atoms with Crippen LogP contribution < -0.4 is 9.62 Å². The number of likely N-dealkylation sites (N-methyl/N-ethyl adjacent to an activating group) is 1. The van der Waals surface area contributed by atoms with E-state index in [1.54, 1.807) is 61.5 Å². The highest BCUT2D eigenvalue weighted by Crippen LogP contribution is 2.26. The molecule has 0 fully saturated rings. The van der Waals surface area contributed by atoms with Crippen molar-refractivity contribution in [3.05, 3.63) is 95.0 Å². The zero-order chi connectivity index (χ0) is 27.2. The van der Waals surface area contributed by atoms with Crippen LogP contribution in [0.15, 0.2) is 83.8 Å². The van der Waals surface area contributed by atoms with Gasteiger partial charge in [0.25, 0.3) is 10.0 Å². The predicted molar refractivity (Wildman–Crippen MR) is 147 cm³/mol. The number of nitrogens with one attached hydrogen (secondary N) is 1. The Labute approximate surface area is 224 Å². The molecular formula is C28H32ClN3O4S. The van der Waals surface area contributed by atoms with E-state index in [0.29, 0.717) is 10.7 Å². The number of benzene rings is 3. The lowest BCUT2D eigenvalue weighted by atomic mass is 10.0. The quantitative estimate of drug-likeness (QED) is 0.398. The Morgan fingerprint density at radius 1 is 0.919 bits per heavy atom. The van der Waals surface area contributed by atoms with E-state index in [-0.39, 0.29) is 23.3 Å². The van der Waals surface area contributed by atoms with Gasteiger partial charge < -0.3 is 10.2 Å². The van der Waals surface area contributed by atoms with E-state index >= 15 is 0 Å². The molecule has 0 spiro atoms. The molecule has 37 heavy (non-hydrogen) atoms. The normalized spacial score (nSPS) is 12.2. The summed E-state index contributed by atoms with van der Waals surface area (Å²) >= 11 is 6.13. The molecule has 0 aliphatic rings. The van der Waals surface area contributed by atoms with Crippen molar-refractivity contribution in [2.24, 2.45) is 0 Å². The van der Waals surface area contributed by atoms with E-state index in [1.165, 1.54) is 24.1 Å². The molecule has 0 unspecified atom stereocenters. The number of carbonyl (C=O) groups is 2. The fourth-order valence-corrected chi connectivity index (χ4v) is 5.55. The number of hydrogen-bond donors (Lipinski definition) is 1. The van der Waals surface area contributed by atoms with Crippen molar-refractivity contribution in [3.63, 3.8) is 0 Å². The van der Waals surface area contributed by atoms with E-state index in [0.717, 1.165) is 15.4 Å². The van der Waals surface area contributed by atoms with Crippen LogP contribution >= 0.6 is 11.6 Å². The van der Waals surface area contributed by atoms with Gasteiger partial charge in [-0.1, -0.05) is 67.9 Å². The third-order valence-electron chi connectivity index (χ3n) is 6.11. The zero-order valence-electron chi connectivity index (χ0n) is 21.4. The summed E-state index contributed by atoms with van der Waals surface area (Å²) in [5.74, 6) is -0.630. The predicted octanol–water partition coefficient (Wildman–Crippen LogP) is 4.82. The van der Waals surface area contributed by atoms with Gasteiger partial charge in [0, 0.05) is 18.6 Å². The number of sulfonamides is 1. The molecule has 0 bridgehead atoms. The van der Waals surface area contributed by atoms with Crippen LogP contribution in [-0.4, -0.2) is 44.8 Å². The molecule has 3 rings (SSSR count). The first-order valence-corrected chi connectivity index (χ1v) is 13.8. The van der Waals surface area contributed by atoms with E-state index in [4.69, 9.17) is 11.6 Å². The van der Waals surface area contributed by atoms with E-state index in [9.17, 15) is 18.0 Å². The molecule has 0 saturated carbocycles. The largest absolute Gasteiger partial charge is 0.357 e. The number of hydrogen-bond acceptors (Lipinski definition) is 4. The van der Waals surface area contributed by atoms with Gasteiger partial charge in [0.15, 0.2) is 0 Å². The molecule has 0 aromatic heterocycles. The maximum Gasteiger partial charge on any atom is 0.264 e. The first kappa shape index (κ1) is 28.2. The van der Waals surface area contributed by atoms with Gasteiger partial charge in [0.2, 0.25) is 11.8 Å². The topological polar surface area (TPSA) is 86.8 Å². The number of anilines is 1. The SMILES string of the molecule is CNC(=O)[C@@H](C)N(Cc1cccc(Cl)c1)C(=O)CN(c1ccc(C(C)C)cc1)S(=O)(=O)c1ccccc1. The highest BCUT2D eigenvalue weighted by Gasteiger charge is 2.32. The molecule has 0 radical (unpaired) electrons. The van der Waals surface area contributed by atoms with Crippen LogP contribution in [0.1, 0.15) is 37.8 Å². The van der Waals surface area contributed by atoms with Crippen molar-refractivity contribution < 1.29 is 18.0 Å². The van der Waals surface area contributed by atoms with Gasteiger partial charge in [-0.2, -0.15) is 0 Å². The second kappa shape index (κ2) is 12.3. The highest BCUT2D eigenvalue weighted by molar-refractivity contribution is 7.92. The van der Waals surface area contributed by atoms with Crippen LogP contribution in [0.25, 0.3) is 0 Å². The number of carbonyl (C=O) groups excluding carboxylic acids is 2. The van der Waals surface area contributed by atoms with Gasteiger partial charge in [-0.15, -0.1) is 0 Å². The van der Waals surface area contributed by atoms with Crippen molar-refractivity contribution in [2.45, 2.75) is 44.2 Å². The fraction of sp³-hybridized carbons (Fsp3) is 0.286. The molecule has 0 saturated heterocycles. The molecule has 3 aromatic rings. The summed E-state index contributed by atoms with van der Waals surface area (Å²) in [6.07, 6.45) is 0. The second-order valence-electron chi connectivity index (χ2n) is 9.01. The third kappa shape index (κ3) is 6.90. The number of rotatable bonds is 10. The smallest absolute Gasteiger partial charge is 0.264 e. The Hall–Kier alpha value is -3.36. The molecule has 3 aromatic carbocycles. The average Bonchev–Trinajstić information content (AvgIpc) is 2.89. The van der Waals surface area contributed by atoms with Crippen LogP contribution in [-0.2, 0) is 26.2 Å². The minimum atomic E-state index is -4.08. The van der Waals surface area contributed by atoms with Crippen LogP contribution in [0.5, 0.6) is 0 Å². The van der Waals surface area contributed by atoms with Gasteiger partial charge in [-0.05, 0) is 60.4 Å². The zero-order valence-corrected chi connectivity index (χ0v) is 23.0. The molecule has 0 aliphatic carbocycles. The summed E-state index contributed by atoms with van der Waals surface area (Å²) in [5, 5.41) is 3.06. The molecule has 2 amide bonds. The van der Waals surface area contributed by atoms with Crippen molar-refractivity contribution in [3.8, 4) is 0 Å². The Morgan fingerprint density at radius 3 is 2.14 bits per heavy atom. The Bertz CT molecular complexity index is 1330. The number of nitrogens with zero attached hydrogens (tertiary/aromatic N) is 2. The first-order chi connectivity index (χ1) is 17.5. The van der Waals surface area contributed by atoms with Crippen molar-refractivity contribution in [1.29, 1.82) is 0 Å². The standard InChI is InChI=1S/C28H32ClN3O4S/c1-20(2)23-13-15-25(16-14-23)32(37(35,36)26-11-6-5-7-12-26)19-27(33)31(21(3)28(34)30-4)18-22-9-8-10-24(29)17-22/h5-17,20-21H,18-19H2,1-4H3,(H,30,34)/t21-/m1/s1. The third-order valence-corrected chi connectivity index (χ3v) is 8.14. The summed E-state index contributed by atoms with van der Waals surface area (Å²) < 4.78 is 28.6. The second-order valence-corrected chi connectivity index (χ2v) is 11.3. The lowest BCUT2D eigenvalue weighted by molar-refractivity contribution is -0.139. The Balaban J connectivity index is 2.03. The fourth-order valence-electron chi connectivity index (χ4n) is 3.90. The summed E-state index contributed by atoms with van der Waals surface area (Å²) in [4.78, 5) is 27.7. The van der Waals surface area contributed by atoms with Gasteiger partial charge in [-0.25, -0.2) is 8.42 Å². The average molecular weight is 542 g/mol. The number of amides is 2. The highest BCUT2D eigenvalue weighted by atomic mass is 35.5. The molecule has 0 heterocycles. The summed E-state index contributed by atoms with van der Waals surface area (Å²) in [6, 6.07) is 21.2. The van der Waals surface area contributed by atoms with Crippen LogP contribution in [0, 0.1) is 0 Å². The summed E-state index contributed by atoms with van der Waals surface area (Å²) in [6.45, 7) is 5.30. The van der Waals surface area contributed by atoms with Crippen LogP contribution in [0.4, 0.5) is 5.69 Å².